The van der Waals surface area contributed by atoms with Crippen LogP contribution in [0.2, 0.25) is 0 Å². The predicted molar refractivity (Wildman–Crippen MR) is 225 cm³/mol. The lowest BCUT2D eigenvalue weighted by Crippen LogP contribution is -2.09. The first kappa shape index (κ1) is 30.9. The Balaban J connectivity index is 1.30. The molecular formula is C48H35N5. The summed E-state index contributed by atoms with van der Waals surface area (Å²) < 4.78 is 4.79. The molecule has 0 amide bonds. The van der Waals surface area contributed by atoms with Gasteiger partial charge in [0, 0.05) is 32.8 Å². The predicted octanol–water partition coefficient (Wildman–Crippen LogP) is 12.0. The number of amidine groups is 2. The van der Waals surface area contributed by atoms with E-state index in [1.54, 1.807) is 0 Å². The lowest BCUT2D eigenvalue weighted by Gasteiger charge is -2.12. The number of aliphatic imine (C=N–C) groups is 3. The number of para-hydroxylation sites is 1. The summed E-state index contributed by atoms with van der Waals surface area (Å²) in [5.74, 6) is 1.25. The average molecular weight is 682 g/mol. The van der Waals surface area contributed by atoms with E-state index in [0.29, 0.717) is 18.3 Å². The molecule has 0 aliphatic heterocycles. The van der Waals surface area contributed by atoms with E-state index in [4.69, 9.17) is 9.98 Å². The number of hydrogen-bond acceptors (Lipinski definition) is 1. The molecule has 0 unspecified atom stereocenters. The van der Waals surface area contributed by atoms with Crippen LogP contribution in [0.15, 0.2) is 184 Å². The van der Waals surface area contributed by atoms with Crippen molar-refractivity contribution in [3.05, 3.63) is 175 Å². The van der Waals surface area contributed by atoms with Crippen LogP contribution in [0, 0.1) is 0 Å². The van der Waals surface area contributed by atoms with Gasteiger partial charge in [0.1, 0.15) is 6.67 Å². The van der Waals surface area contributed by atoms with Crippen LogP contribution in [0.3, 0.4) is 0 Å². The molecule has 9 aromatic rings. The van der Waals surface area contributed by atoms with Gasteiger partial charge in [0.2, 0.25) is 0 Å². The van der Waals surface area contributed by atoms with Crippen LogP contribution in [-0.2, 0) is 6.67 Å². The van der Waals surface area contributed by atoms with Crippen molar-refractivity contribution in [1.29, 1.82) is 0 Å². The molecule has 0 fully saturated rings. The molecule has 5 nitrogen and oxygen atoms in total. The number of benzene rings is 7. The lowest BCUT2D eigenvalue weighted by molar-refractivity contribution is 0.789. The van der Waals surface area contributed by atoms with E-state index in [0.717, 1.165) is 40.7 Å². The van der Waals surface area contributed by atoms with Gasteiger partial charge in [-0.05, 0) is 89.1 Å². The minimum Gasteiger partial charge on any atom is -0.320 e. The average Bonchev–Trinajstić information content (AvgIpc) is 3.73. The van der Waals surface area contributed by atoms with Crippen LogP contribution < -0.4 is 0 Å². The normalized spacial score (nSPS) is 13.9. The van der Waals surface area contributed by atoms with E-state index in [2.05, 4.69) is 154 Å². The maximum atomic E-state index is 5.33. The van der Waals surface area contributed by atoms with Crippen molar-refractivity contribution < 1.29 is 0 Å². The summed E-state index contributed by atoms with van der Waals surface area (Å²) in [7, 11) is 0. The molecule has 0 N–H and O–H groups in total. The van der Waals surface area contributed by atoms with Crippen LogP contribution in [0.4, 0.5) is 0 Å². The topological polar surface area (TPSA) is 46.9 Å². The molecule has 0 atom stereocenters. The standard InChI is InChI=1S/C48H35N5/c1-49-47(33-16-5-2-6-17-33)51-48(34-18-7-3-8-19-34)50-31-52-40-27-28-42-46(45(40)39-29-35-20-11-12-21-36(35)30-43(39)52)44-38-24-14-13-15-32(38)25-26-41(44)53(42)37-22-9-4-10-23-37/h2-7,9-18,20-30H,1,8,19,31H2. The van der Waals surface area contributed by atoms with E-state index in [9.17, 15) is 0 Å². The maximum Gasteiger partial charge on any atom is 0.160 e. The molecule has 1 aliphatic carbocycles. The monoisotopic (exact) mass is 681 g/mol. The number of nitrogens with zero attached hydrogens (tertiary/aromatic N) is 5. The van der Waals surface area contributed by atoms with Gasteiger partial charge in [0.25, 0.3) is 0 Å². The van der Waals surface area contributed by atoms with Gasteiger partial charge in [-0.3, -0.25) is 0 Å². The molecule has 252 valence electrons. The van der Waals surface area contributed by atoms with Crippen LogP contribution in [0.1, 0.15) is 18.4 Å². The quantitative estimate of drug-likeness (QED) is 0.128. The fraction of sp³-hybridized carbons (Fsp3) is 0.0625. The van der Waals surface area contributed by atoms with Crippen molar-refractivity contribution in [2.24, 2.45) is 15.0 Å². The zero-order valence-electron chi connectivity index (χ0n) is 29.2. The Bertz CT molecular complexity index is 3030. The molecule has 0 bridgehead atoms. The smallest absolute Gasteiger partial charge is 0.160 e. The SMILES string of the molecule is C=NC(=NC(=NCn1c2cc3ccccc3cc2c2c3c4c5ccccc5ccc4n(-c4ccccc4)c3ccc21)C1=CC=CCC1)c1ccccc1. The molecule has 10 rings (SSSR count). The second kappa shape index (κ2) is 12.7. The van der Waals surface area contributed by atoms with Gasteiger partial charge in [-0.15, -0.1) is 0 Å². The summed E-state index contributed by atoms with van der Waals surface area (Å²) >= 11 is 0. The minimum absolute atomic E-state index is 0.390. The van der Waals surface area contributed by atoms with Crippen LogP contribution in [0.25, 0.3) is 70.8 Å². The summed E-state index contributed by atoms with van der Waals surface area (Å²) in [6.45, 7) is 4.27. The highest BCUT2D eigenvalue weighted by molar-refractivity contribution is 6.33. The Morgan fingerprint density at radius 3 is 2.02 bits per heavy atom. The Labute approximate surface area is 306 Å². The van der Waals surface area contributed by atoms with Crippen molar-refractivity contribution in [2.75, 3.05) is 0 Å². The first-order chi connectivity index (χ1) is 26.3. The molecule has 0 spiro atoms. The van der Waals surface area contributed by atoms with Crippen molar-refractivity contribution in [2.45, 2.75) is 19.5 Å². The second-order valence-corrected chi connectivity index (χ2v) is 13.6. The first-order valence-corrected chi connectivity index (χ1v) is 18.1. The van der Waals surface area contributed by atoms with E-state index in [-0.39, 0.29) is 0 Å². The Hall–Kier alpha value is -6.85. The number of fused-ring (bicyclic) bond motifs is 10. The number of hydrogen-bond donors (Lipinski definition) is 0. The van der Waals surface area contributed by atoms with Gasteiger partial charge in [0.05, 0.1) is 22.1 Å². The van der Waals surface area contributed by atoms with Gasteiger partial charge >= 0.3 is 0 Å². The Morgan fingerprint density at radius 2 is 1.25 bits per heavy atom. The van der Waals surface area contributed by atoms with Crippen molar-refractivity contribution >= 4 is 83.5 Å². The molecule has 2 heterocycles. The van der Waals surface area contributed by atoms with Crippen LogP contribution in [-0.4, -0.2) is 27.5 Å². The molecule has 7 aromatic carbocycles. The van der Waals surface area contributed by atoms with Crippen molar-refractivity contribution in [1.82, 2.24) is 9.13 Å². The minimum atomic E-state index is 0.390. The van der Waals surface area contributed by atoms with E-state index in [1.165, 1.54) is 54.1 Å². The third-order valence-electron chi connectivity index (χ3n) is 10.6. The summed E-state index contributed by atoms with van der Waals surface area (Å²) in [5, 5.41) is 9.84. The molecule has 2 aromatic heterocycles. The van der Waals surface area contributed by atoms with Gasteiger partial charge in [-0.1, -0.05) is 121 Å². The molecule has 0 saturated carbocycles. The number of allylic oxidation sites excluding steroid dienone is 3. The zero-order valence-corrected chi connectivity index (χ0v) is 29.2. The van der Waals surface area contributed by atoms with Crippen molar-refractivity contribution in [3.8, 4) is 5.69 Å². The highest BCUT2D eigenvalue weighted by atomic mass is 15.1. The fourth-order valence-corrected chi connectivity index (χ4v) is 8.16. The van der Waals surface area contributed by atoms with Gasteiger partial charge in [0.15, 0.2) is 11.7 Å². The summed E-state index contributed by atoms with van der Waals surface area (Å²) in [5.41, 5.74) is 7.80. The highest BCUT2D eigenvalue weighted by Crippen LogP contribution is 2.44. The summed E-state index contributed by atoms with van der Waals surface area (Å²) in [6.07, 6.45) is 8.23. The van der Waals surface area contributed by atoms with E-state index in [1.807, 2.05) is 30.3 Å². The van der Waals surface area contributed by atoms with E-state index < -0.39 is 0 Å². The molecule has 53 heavy (non-hydrogen) atoms. The third-order valence-corrected chi connectivity index (χ3v) is 10.6. The third kappa shape index (κ3) is 5.12. The van der Waals surface area contributed by atoms with Gasteiger partial charge < -0.3 is 9.13 Å². The summed E-state index contributed by atoms with van der Waals surface area (Å²) in [4.78, 5) is 14.8. The van der Waals surface area contributed by atoms with Crippen molar-refractivity contribution in [3.63, 3.8) is 0 Å². The zero-order chi connectivity index (χ0) is 35.3. The van der Waals surface area contributed by atoms with Crippen LogP contribution >= 0.6 is 0 Å². The first-order valence-electron chi connectivity index (χ1n) is 18.1. The fourth-order valence-electron chi connectivity index (χ4n) is 8.16. The van der Waals surface area contributed by atoms with Gasteiger partial charge in [-0.25, -0.2) is 15.0 Å². The lowest BCUT2D eigenvalue weighted by atomic mass is 9.99. The van der Waals surface area contributed by atoms with Crippen LogP contribution in [0.5, 0.6) is 0 Å². The molecular weight excluding hydrogens is 647 g/mol. The Morgan fingerprint density at radius 1 is 0.585 bits per heavy atom. The number of rotatable bonds is 5. The second-order valence-electron chi connectivity index (χ2n) is 13.6. The summed E-state index contributed by atoms with van der Waals surface area (Å²) in [6, 6.07) is 51.9. The molecule has 5 heteroatoms. The van der Waals surface area contributed by atoms with Gasteiger partial charge in [-0.2, -0.15) is 0 Å². The largest absolute Gasteiger partial charge is 0.320 e. The molecule has 1 aliphatic rings. The highest BCUT2D eigenvalue weighted by Gasteiger charge is 2.22. The number of aromatic nitrogens is 2. The maximum absolute atomic E-state index is 5.33. The molecule has 0 radical (unpaired) electrons. The molecule has 0 saturated heterocycles. The Kier molecular flexibility index (Phi) is 7.43. The van der Waals surface area contributed by atoms with E-state index >= 15 is 0 Å².